The smallest absolute Gasteiger partial charge is 0.306 e. The van der Waals surface area contributed by atoms with Crippen molar-refractivity contribution in [1.82, 2.24) is 0 Å². The summed E-state index contributed by atoms with van der Waals surface area (Å²) in [4.78, 5) is 37.8. The lowest BCUT2D eigenvalue weighted by Crippen LogP contribution is -2.30. The summed E-state index contributed by atoms with van der Waals surface area (Å²) >= 11 is 0. The molecule has 0 fully saturated rings. The van der Waals surface area contributed by atoms with Crippen molar-refractivity contribution in [3.63, 3.8) is 0 Å². The van der Waals surface area contributed by atoms with E-state index in [9.17, 15) is 14.4 Å². The SMILES string of the molecule is CCCC/C=C\C=C/CCCCCC(=O)OC(COC(=O)CCCCCCCCC/C=C\CCCCCCCCCC)COC(=O)CCCCCCCCCCCCC. The lowest BCUT2D eigenvalue weighted by molar-refractivity contribution is -0.167. The van der Waals surface area contributed by atoms with E-state index in [1.807, 2.05) is 0 Å². The molecule has 0 aliphatic carbocycles. The molecule has 0 N–H and O–H groups in total. The topological polar surface area (TPSA) is 78.9 Å². The lowest BCUT2D eigenvalue weighted by atomic mass is 10.1. The van der Waals surface area contributed by atoms with Gasteiger partial charge < -0.3 is 14.2 Å². The van der Waals surface area contributed by atoms with Gasteiger partial charge in [-0.25, -0.2) is 0 Å². The summed E-state index contributed by atoms with van der Waals surface area (Å²) < 4.78 is 16.7. The van der Waals surface area contributed by atoms with Gasteiger partial charge in [0.25, 0.3) is 0 Å². The molecule has 0 aromatic heterocycles. The number of ether oxygens (including phenoxy) is 3. The Hall–Kier alpha value is -2.37. The third-order valence-corrected chi connectivity index (χ3v) is 11.1. The Labute approximate surface area is 365 Å². The second kappa shape index (κ2) is 48.3. The highest BCUT2D eigenvalue weighted by atomic mass is 16.6. The standard InChI is InChI=1S/C53H96O6/c1-4-7-10-13-16-19-22-23-24-25-26-27-28-29-32-34-37-40-43-46-52(55)58-49-50(59-53(56)47-44-41-38-35-31-21-18-15-12-9-6-3)48-57-51(54)45-42-39-36-33-30-20-17-14-11-8-5-2/h15,18,21,25-26,31,50H,4-14,16-17,19-20,22-24,27-30,32-49H2,1-3H3/b18-15-,26-25-,31-21-. The number of hydrogen-bond acceptors (Lipinski definition) is 6. The van der Waals surface area contributed by atoms with Crippen molar-refractivity contribution in [3.05, 3.63) is 36.5 Å². The second-order valence-electron chi connectivity index (χ2n) is 17.1. The Morgan fingerprint density at radius 1 is 0.339 bits per heavy atom. The fourth-order valence-corrected chi connectivity index (χ4v) is 7.24. The molecular weight excluding hydrogens is 733 g/mol. The van der Waals surface area contributed by atoms with Crippen LogP contribution in [0.3, 0.4) is 0 Å². The van der Waals surface area contributed by atoms with E-state index < -0.39 is 6.10 Å². The summed E-state index contributed by atoms with van der Waals surface area (Å²) in [5.41, 5.74) is 0. The van der Waals surface area contributed by atoms with Crippen molar-refractivity contribution in [2.24, 2.45) is 0 Å². The predicted octanol–water partition coefficient (Wildman–Crippen LogP) is 16.5. The average Bonchev–Trinajstić information content (AvgIpc) is 3.23. The van der Waals surface area contributed by atoms with E-state index in [0.717, 1.165) is 70.6 Å². The maximum Gasteiger partial charge on any atom is 0.306 e. The number of carbonyl (C=O) groups excluding carboxylic acids is 3. The van der Waals surface area contributed by atoms with Gasteiger partial charge in [-0.1, -0.05) is 218 Å². The van der Waals surface area contributed by atoms with Gasteiger partial charge in [0.2, 0.25) is 0 Å². The molecule has 0 aliphatic rings. The van der Waals surface area contributed by atoms with Crippen LogP contribution in [-0.2, 0) is 28.6 Å². The first kappa shape index (κ1) is 56.6. The van der Waals surface area contributed by atoms with E-state index in [1.54, 1.807) is 0 Å². The zero-order valence-corrected chi connectivity index (χ0v) is 39.3. The van der Waals surface area contributed by atoms with Gasteiger partial charge in [-0.05, 0) is 64.2 Å². The second-order valence-corrected chi connectivity index (χ2v) is 17.1. The number of esters is 3. The zero-order chi connectivity index (χ0) is 43.0. The van der Waals surface area contributed by atoms with Crippen LogP contribution in [0.25, 0.3) is 0 Å². The molecule has 1 unspecified atom stereocenters. The molecule has 1 atom stereocenters. The van der Waals surface area contributed by atoms with E-state index in [0.29, 0.717) is 19.3 Å². The van der Waals surface area contributed by atoms with E-state index in [2.05, 4.69) is 57.2 Å². The number of rotatable bonds is 46. The molecule has 0 aromatic carbocycles. The van der Waals surface area contributed by atoms with Gasteiger partial charge in [-0.3, -0.25) is 14.4 Å². The molecule has 0 saturated carbocycles. The number of unbranched alkanes of at least 4 members (excludes halogenated alkanes) is 30. The molecule has 0 saturated heterocycles. The Morgan fingerprint density at radius 2 is 0.627 bits per heavy atom. The summed E-state index contributed by atoms with van der Waals surface area (Å²) in [5.74, 6) is -0.908. The summed E-state index contributed by atoms with van der Waals surface area (Å²) in [6, 6.07) is 0. The van der Waals surface area contributed by atoms with Crippen LogP contribution in [0.4, 0.5) is 0 Å². The fraction of sp³-hybridized carbons (Fsp3) is 0.830. The number of carbonyl (C=O) groups is 3. The molecule has 0 aromatic rings. The molecule has 0 amide bonds. The predicted molar refractivity (Wildman–Crippen MR) is 252 cm³/mol. The monoisotopic (exact) mass is 829 g/mol. The quantitative estimate of drug-likeness (QED) is 0.0200. The summed E-state index contributed by atoms with van der Waals surface area (Å²) in [6.45, 7) is 6.56. The molecule has 0 aliphatic heterocycles. The first-order valence-corrected chi connectivity index (χ1v) is 25.5. The van der Waals surface area contributed by atoms with Crippen LogP contribution in [-0.4, -0.2) is 37.2 Å². The van der Waals surface area contributed by atoms with Crippen LogP contribution < -0.4 is 0 Å². The van der Waals surface area contributed by atoms with E-state index >= 15 is 0 Å². The van der Waals surface area contributed by atoms with Crippen molar-refractivity contribution in [2.75, 3.05) is 13.2 Å². The maximum atomic E-state index is 12.7. The molecule has 0 radical (unpaired) electrons. The number of allylic oxidation sites excluding steroid dienone is 6. The molecule has 59 heavy (non-hydrogen) atoms. The molecule has 0 bridgehead atoms. The Balaban J connectivity index is 4.30. The first-order valence-electron chi connectivity index (χ1n) is 25.5. The third-order valence-electron chi connectivity index (χ3n) is 11.1. The largest absolute Gasteiger partial charge is 0.462 e. The highest BCUT2D eigenvalue weighted by Gasteiger charge is 2.19. The van der Waals surface area contributed by atoms with Gasteiger partial charge in [0.15, 0.2) is 6.10 Å². The Bertz CT molecular complexity index is 1000. The molecule has 0 rings (SSSR count). The van der Waals surface area contributed by atoms with Gasteiger partial charge in [0.1, 0.15) is 13.2 Å². The highest BCUT2D eigenvalue weighted by Crippen LogP contribution is 2.15. The maximum absolute atomic E-state index is 12.7. The lowest BCUT2D eigenvalue weighted by Gasteiger charge is -2.18. The van der Waals surface area contributed by atoms with Crippen LogP contribution in [0.15, 0.2) is 36.5 Å². The molecule has 0 heterocycles. The normalized spacial score (nSPS) is 12.3. The van der Waals surface area contributed by atoms with E-state index in [-0.39, 0.29) is 31.1 Å². The molecule has 344 valence electrons. The van der Waals surface area contributed by atoms with Gasteiger partial charge >= 0.3 is 17.9 Å². The molecule has 6 nitrogen and oxygen atoms in total. The van der Waals surface area contributed by atoms with Crippen LogP contribution in [0, 0.1) is 0 Å². The van der Waals surface area contributed by atoms with Crippen molar-refractivity contribution in [3.8, 4) is 0 Å². The van der Waals surface area contributed by atoms with Crippen LogP contribution in [0.2, 0.25) is 0 Å². The summed E-state index contributed by atoms with van der Waals surface area (Å²) in [7, 11) is 0. The highest BCUT2D eigenvalue weighted by molar-refractivity contribution is 5.71. The minimum Gasteiger partial charge on any atom is -0.462 e. The fourth-order valence-electron chi connectivity index (χ4n) is 7.24. The Morgan fingerprint density at radius 3 is 1.02 bits per heavy atom. The van der Waals surface area contributed by atoms with Gasteiger partial charge in [-0.15, -0.1) is 0 Å². The minimum absolute atomic E-state index is 0.0818. The van der Waals surface area contributed by atoms with Crippen molar-refractivity contribution < 1.29 is 28.6 Å². The Kier molecular flexibility index (Phi) is 46.4. The molecular formula is C53H96O6. The van der Waals surface area contributed by atoms with E-state index in [4.69, 9.17) is 14.2 Å². The van der Waals surface area contributed by atoms with Gasteiger partial charge in [-0.2, -0.15) is 0 Å². The molecule has 6 heteroatoms. The van der Waals surface area contributed by atoms with Gasteiger partial charge in [0, 0.05) is 19.3 Å². The van der Waals surface area contributed by atoms with Crippen molar-refractivity contribution in [1.29, 1.82) is 0 Å². The summed E-state index contributed by atoms with van der Waals surface area (Å²) in [5, 5.41) is 0. The van der Waals surface area contributed by atoms with Crippen molar-refractivity contribution >= 4 is 17.9 Å². The van der Waals surface area contributed by atoms with Crippen LogP contribution in [0.1, 0.15) is 265 Å². The molecule has 0 spiro atoms. The van der Waals surface area contributed by atoms with Crippen LogP contribution >= 0.6 is 0 Å². The first-order chi connectivity index (χ1) is 29.0. The van der Waals surface area contributed by atoms with Crippen molar-refractivity contribution in [2.45, 2.75) is 271 Å². The number of hydrogen-bond donors (Lipinski definition) is 0. The summed E-state index contributed by atoms with van der Waals surface area (Å²) in [6.07, 6.45) is 55.6. The minimum atomic E-state index is -0.782. The van der Waals surface area contributed by atoms with E-state index in [1.165, 1.54) is 154 Å². The zero-order valence-electron chi connectivity index (χ0n) is 39.3. The van der Waals surface area contributed by atoms with Gasteiger partial charge in [0.05, 0.1) is 0 Å². The van der Waals surface area contributed by atoms with Crippen LogP contribution in [0.5, 0.6) is 0 Å². The average molecular weight is 829 g/mol. The third kappa shape index (κ3) is 46.5.